The standard InChI is InChI=1S/C11H10FNO7/c1-6(14)19-2-3-20-10-5-8(12)9(13(17)18)4-7(10)11(15)16/h4-5H,2-3H2,1H3,(H,15,16). The molecule has 1 N–H and O–H groups in total. The molecule has 0 unspecified atom stereocenters. The van der Waals surface area contributed by atoms with E-state index in [1.165, 1.54) is 6.92 Å². The Morgan fingerprint density at radius 2 is 2.05 bits per heavy atom. The Hall–Kier alpha value is -2.71. The lowest BCUT2D eigenvalue weighted by Crippen LogP contribution is -2.12. The van der Waals surface area contributed by atoms with Crippen molar-refractivity contribution in [1.29, 1.82) is 0 Å². The summed E-state index contributed by atoms with van der Waals surface area (Å²) in [7, 11) is 0. The molecule has 0 amide bonds. The molecule has 1 aromatic rings. The number of nitro benzene ring substituents is 1. The summed E-state index contributed by atoms with van der Waals surface area (Å²) in [6, 6.07) is 1.17. The van der Waals surface area contributed by atoms with Crippen molar-refractivity contribution in [3.05, 3.63) is 33.6 Å². The van der Waals surface area contributed by atoms with Crippen molar-refractivity contribution in [2.24, 2.45) is 0 Å². The predicted molar refractivity (Wildman–Crippen MR) is 62.1 cm³/mol. The highest BCUT2D eigenvalue weighted by Crippen LogP contribution is 2.27. The SMILES string of the molecule is CC(=O)OCCOc1cc(F)c([N+](=O)[O-])cc1C(=O)O. The number of aromatic carboxylic acids is 1. The van der Waals surface area contributed by atoms with Crippen LogP contribution >= 0.6 is 0 Å². The molecule has 0 fully saturated rings. The van der Waals surface area contributed by atoms with E-state index < -0.39 is 33.9 Å². The number of carboxylic acids is 1. The van der Waals surface area contributed by atoms with Crippen molar-refractivity contribution in [2.45, 2.75) is 6.92 Å². The van der Waals surface area contributed by atoms with Crippen molar-refractivity contribution in [3.8, 4) is 5.75 Å². The van der Waals surface area contributed by atoms with Gasteiger partial charge in [0.2, 0.25) is 5.82 Å². The van der Waals surface area contributed by atoms with Crippen molar-refractivity contribution >= 4 is 17.6 Å². The first kappa shape index (κ1) is 15.3. The van der Waals surface area contributed by atoms with Crippen LogP contribution in [-0.2, 0) is 9.53 Å². The number of benzene rings is 1. The second-order valence-corrected chi connectivity index (χ2v) is 3.55. The fourth-order valence-corrected chi connectivity index (χ4v) is 1.31. The van der Waals surface area contributed by atoms with Gasteiger partial charge in [0.25, 0.3) is 0 Å². The third kappa shape index (κ3) is 3.90. The summed E-state index contributed by atoms with van der Waals surface area (Å²) in [6.45, 7) is 0.804. The summed E-state index contributed by atoms with van der Waals surface area (Å²) in [5.74, 6) is -3.66. The van der Waals surface area contributed by atoms with Crippen LogP contribution in [-0.4, -0.2) is 35.2 Å². The zero-order valence-corrected chi connectivity index (χ0v) is 10.3. The van der Waals surface area contributed by atoms with Crippen LogP contribution in [0.25, 0.3) is 0 Å². The van der Waals surface area contributed by atoms with E-state index in [0.717, 1.165) is 0 Å². The molecule has 108 valence electrons. The van der Waals surface area contributed by atoms with E-state index in [1.807, 2.05) is 0 Å². The van der Waals surface area contributed by atoms with Gasteiger partial charge in [0.15, 0.2) is 0 Å². The van der Waals surface area contributed by atoms with Crippen molar-refractivity contribution < 1.29 is 33.5 Å². The van der Waals surface area contributed by atoms with Gasteiger partial charge in [0, 0.05) is 19.1 Å². The minimum atomic E-state index is -1.50. The summed E-state index contributed by atoms with van der Waals surface area (Å²) in [6.07, 6.45) is 0. The van der Waals surface area contributed by atoms with Gasteiger partial charge in [0.1, 0.15) is 24.5 Å². The van der Waals surface area contributed by atoms with Crippen LogP contribution in [0, 0.1) is 15.9 Å². The highest BCUT2D eigenvalue weighted by atomic mass is 19.1. The first-order valence-electron chi connectivity index (χ1n) is 5.30. The Labute approximate surface area is 111 Å². The zero-order chi connectivity index (χ0) is 15.3. The molecule has 0 saturated carbocycles. The van der Waals surface area contributed by atoms with E-state index in [4.69, 9.17) is 9.84 Å². The number of nitrogens with zero attached hydrogens (tertiary/aromatic N) is 1. The fraction of sp³-hybridized carbons (Fsp3) is 0.273. The van der Waals surface area contributed by atoms with Gasteiger partial charge in [-0.05, 0) is 0 Å². The number of ether oxygens (including phenoxy) is 2. The van der Waals surface area contributed by atoms with Crippen LogP contribution in [0.4, 0.5) is 10.1 Å². The lowest BCUT2D eigenvalue weighted by atomic mass is 10.1. The topological polar surface area (TPSA) is 116 Å². The van der Waals surface area contributed by atoms with E-state index in [9.17, 15) is 24.1 Å². The number of esters is 1. The third-order valence-electron chi connectivity index (χ3n) is 2.12. The molecular formula is C11H10FNO7. The second kappa shape index (κ2) is 6.45. The monoisotopic (exact) mass is 287 g/mol. The van der Waals surface area contributed by atoms with Gasteiger partial charge >= 0.3 is 17.6 Å². The van der Waals surface area contributed by atoms with E-state index in [0.29, 0.717) is 12.1 Å². The molecule has 1 rings (SSSR count). The van der Waals surface area contributed by atoms with Gasteiger partial charge in [-0.1, -0.05) is 0 Å². The molecule has 1 aromatic carbocycles. The molecule has 0 atom stereocenters. The molecule has 0 heterocycles. The summed E-state index contributed by atoms with van der Waals surface area (Å²) in [4.78, 5) is 30.9. The molecule has 0 bridgehead atoms. The molecule has 0 aliphatic carbocycles. The maximum atomic E-state index is 13.4. The molecule has 0 aliphatic heterocycles. The van der Waals surface area contributed by atoms with Gasteiger partial charge in [0.05, 0.1) is 4.92 Å². The minimum Gasteiger partial charge on any atom is -0.489 e. The maximum Gasteiger partial charge on any atom is 0.339 e. The number of nitro groups is 1. The minimum absolute atomic E-state index is 0.160. The lowest BCUT2D eigenvalue weighted by Gasteiger charge is -2.09. The zero-order valence-electron chi connectivity index (χ0n) is 10.3. The summed E-state index contributed by atoms with van der Waals surface area (Å²) in [5, 5.41) is 19.4. The number of carbonyl (C=O) groups is 2. The Bertz CT molecular complexity index is 558. The van der Waals surface area contributed by atoms with Crippen LogP contribution in [0.2, 0.25) is 0 Å². The predicted octanol–water partition coefficient (Wildman–Crippen LogP) is 1.37. The normalized spacial score (nSPS) is 9.90. The molecule has 0 radical (unpaired) electrons. The van der Waals surface area contributed by atoms with Crippen LogP contribution in [0.3, 0.4) is 0 Å². The molecule has 20 heavy (non-hydrogen) atoms. The summed E-state index contributed by atoms with van der Waals surface area (Å²) < 4.78 is 22.9. The molecule has 0 saturated heterocycles. The Balaban J connectivity index is 2.94. The number of carboxylic acid groups (broad SMARTS) is 1. The van der Waals surface area contributed by atoms with Crippen molar-refractivity contribution in [3.63, 3.8) is 0 Å². The third-order valence-corrected chi connectivity index (χ3v) is 2.12. The summed E-state index contributed by atoms with van der Waals surface area (Å²) in [5.41, 5.74) is -1.52. The van der Waals surface area contributed by atoms with E-state index in [1.54, 1.807) is 0 Å². The average molecular weight is 287 g/mol. The Morgan fingerprint density at radius 3 is 2.55 bits per heavy atom. The van der Waals surface area contributed by atoms with Crippen LogP contribution in [0.5, 0.6) is 5.75 Å². The van der Waals surface area contributed by atoms with Crippen LogP contribution in [0.15, 0.2) is 12.1 Å². The first-order chi connectivity index (χ1) is 9.32. The van der Waals surface area contributed by atoms with Crippen LogP contribution < -0.4 is 4.74 Å². The molecule has 0 aromatic heterocycles. The summed E-state index contributed by atoms with van der Waals surface area (Å²) >= 11 is 0. The van der Waals surface area contributed by atoms with Gasteiger partial charge in [-0.25, -0.2) is 4.79 Å². The smallest absolute Gasteiger partial charge is 0.339 e. The first-order valence-corrected chi connectivity index (χ1v) is 5.30. The highest BCUT2D eigenvalue weighted by molar-refractivity contribution is 5.91. The number of hydrogen-bond acceptors (Lipinski definition) is 6. The van der Waals surface area contributed by atoms with Gasteiger partial charge in [-0.15, -0.1) is 0 Å². The molecular weight excluding hydrogens is 277 g/mol. The van der Waals surface area contributed by atoms with Gasteiger partial charge < -0.3 is 14.6 Å². The number of hydrogen-bond donors (Lipinski definition) is 1. The average Bonchev–Trinajstić information content (AvgIpc) is 2.33. The highest BCUT2D eigenvalue weighted by Gasteiger charge is 2.22. The largest absolute Gasteiger partial charge is 0.489 e. The van der Waals surface area contributed by atoms with Gasteiger partial charge in [-0.3, -0.25) is 14.9 Å². The lowest BCUT2D eigenvalue weighted by molar-refractivity contribution is -0.387. The number of carbonyl (C=O) groups excluding carboxylic acids is 1. The van der Waals surface area contributed by atoms with E-state index in [2.05, 4.69) is 4.74 Å². The molecule has 0 spiro atoms. The van der Waals surface area contributed by atoms with E-state index in [-0.39, 0.29) is 19.0 Å². The quantitative estimate of drug-likeness (QED) is 0.363. The van der Waals surface area contributed by atoms with Gasteiger partial charge in [-0.2, -0.15) is 4.39 Å². The Kier molecular flexibility index (Phi) is 4.95. The molecule has 9 heteroatoms. The number of rotatable bonds is 6. The second-order valence-electron chi connectivity index (χ2n) is 3.55. The fourth-order valence-electron chi connectivity index (χ4n) is 1.31. The molecule has 0 aliphatic rings. The van der Waals surface area contributed by atoms with Crippen LogP contribution in [0.1, 0.15) is 17.3 Å². The Morgan fingerprint density at radius 1 is 1.40 bits per heavy atom. The molecule has 8 nitrogen and oxygen atoms in total. The number of halogens is 1. The van der Waals surface area contributed by atoms with Crippen molar-refractivity contribution in [2.75, 3.05) is 13.2 Å². The van der Waals surface area contributed by atoms with Crippen molar-refractivity contribution in [1.82, 2.24) is 0 Å². The maximum absolute atomic E-state index is 13.4. The van der Waals surface area contributed by atoms with E-state index >= 15 is 0 Å².